The first-order chi connectivity index (χ1) is 9.40. The van der Waals surface area contributed by atoms with E-state index >= 15 is 0 Å². The number of aryl methyl sites for hydroxylation is 2. The second-order valence-electron chi connectivity index (χ2n) is 6.23. The smallest absolute Gasteiger partial charge is 0.125 e. The van der Waals surface area contributed by atoms with Crippen LogP contribution in [0.5, 0.6) is 5.75 Å². The molecule has 0 aliphatic heterocycles. The third-order valence-electron chi connectivity index (χ3n) is 3.81. The Morgan fingerprint density at radius 1 is 1.05 bits per heavy atom. The highest BCUT2D eigenvalue weighted by Crippen LogP contribution is 2.35. The van der Waals surface area contributed by atoms with Crippen molar-refractivity contribution < 1.29 is 4.74 Å². The van der Waals surface area contributed by atoms with E-state index < -0.39 is 0 Å². The van der Waals surface area contributed by atoms with Gasteiger partial charge in [0.15, 0.2) is 0 Å². The van der Waals surface area contributed by atoms with Gasteiger partial charge in [0.1, 0.15) is 5.75 Å². The zero-order valence-electron chi connectivity index (χ0n) is 13.6. The van der Waals surface area contributed by atoms with Crippen LogP contribution in [0.15, 0.2) is 12.1 Å². The van der Waals surface area contributed by atoms with E-state index in [1.54, 1.807) is 0 Å². The van der Waals surface area contributed by atoms with Gasteiger partial charge in [-0.2, -0.15) is 0 Å². The van der Waals surface area contributed by atoms with E-state index in [-0.39, 0.29) is 5.92 Å². The third kappa shape index (κ3) is 4.22. The van der Waals surface area contributed by atoms with Gasteiger partial charge in [-0.1, -0.05) is 38.5 Å². The minimum Gasteiger partial charge on any atom is -0.493 e. The average molecular weight is 278 g/mol. The number of hydrogen-bond acceptors (Lipinski definition) is 3. The number of nitrogens with two attached hydrogens (primary N) is 2. The van der Waals surface area contributed by atoms with Crippen molar-refractivity contribution in [3.8, 4) is 5.75 Å². The van der Waals surface area contributed by atoms with Crippen molar-refractivity contribution in [2.45, 2.75) is 40.5 Å². The highest BCUT2D eigenvalue weighted by atomic mass is 16.5. The maximum atomic E-state index is 6.06. The van der Waals surface area contributed by atoms with Gasteiger partial charge in [0.25, 0.3) is 0 Å². The molecule has 0 spiro atoms. The van der Waals surface area contributed by atoms with Gasteiger partial charge in [0.2, 0.25) is 0 Å². The fourth-order valence-electron chi connectivity index (χ4n) is 2.53. The Labute approximate surface area is 123 Å². The van der Waals surface area contributed by atoms with Gasteiger partial charge in [-0.25, -0.2) is 0 Å². The monoisotopic (exact) mass is 278 g/mol. The van der Waals surface area contributed by atoms with Gasteiger partial charge < -0.3 is 16.2 Å². The van der Waals surface area contributed by atoms with Crippen molar-refractivity contribution in [3.63, 3.8) is 0 Å². The van der Waals surface area contributed by atoms with Crippen LogP contribution in [0, 0.1) is 25.7 Å². The molecule has 0 heterocycles. The largest absolute Gasteiger partial charge is 0.493 e. The van der Waals surface area contributed by atoms with Crippen molar-refractivity contribution in [2.75, 3.05) is 19.7 Å². The van der Waals surface area contributed by atoms with Crippen LogP contribution >= 0.6 is 0 Å². The molecule has 0 aliphatic carbocycles. The Bertz CT molecular complexity index is 425. The Kier molecular flexibility index (Phi) is 6.50. The first-order valence-electron chi connectivity index (χ1n) is 7.54. The fourth-order valence-corrected chi connectivity index (χ4v) is 2.53. The summed E-state index contributed by atoms with van der Waals surface area (Å²) in [7, 11) is 0. The van der Waals surface area contributed by atoms with E-state index in [1.165, 1.54) is 16.7 Å². The molecule has 0 radical (unpaired) electrons. The van der Waals surface area contributed by atoms with Gasteiger partial charge in [0, 0.05) is 0 Å². The van der Waals surface area contributed by atoms with Crippen LogP contribution in [0.1, 0.15) is 43.4 Å². The summed E-state index contributed by atoms with van der Waals surface area (Å²) < 4.78 is 6.06. The lowest BCUT2D eigenvalue weighted by atomic mass is 9.85. The second-order valence-corrected chi connectivity index (χ2v) is 6.23. The summed E-state index contributed by atoms with van der Waals surface area (Å²) in [5.41, 5.74) is 15.4. The van der Waals surface area contributed by atoms with Gasteiger partial charge in [-0.3, -0.25) is 0 Å². The van der Waals surface area contributed by atoms with E-state index in [4.69, 9.17) is 16.2 Å². The average Bonchev–Trinajstić information content (AvgIpc) is 2.37. The summed E-state index contributed by atoms with van der Waals surface area (Å²) in [4.78, 5) is 0. The van der Waals surface area contributed by atoms with E-state index in [2.05, 4.69) is 46.8 Å². The molecule has 0 fully saturated rings. The third-order valence-corrected chi connectivity index (χ3v) is 3.81. The molecule has 3 nitrogen and oxygen atoms in total. The van der Waals surface area contributed by atoms with Crippen molar-refractivity contribution in [1.82, 2.24) is 0 Å². The van der Waals surface area contributed by atoms with E-state index in [9.17, 15) is 0 Å². The number of ether oxygens (including phenoxy) is 1. The quantitative estimate of drug-likeness (QED) is 0.806. The maximum absolute atomic E-state index is 6.06. The highest BCUT2D eigenvalue weighted by molar-refractivity contribution is 5.46. The van der Waals surface area contributed by atoms with Crippen molar-refractivity contribution >= 4 is 0 Å². The lowest BCUT2D eigenvalue weighted by molar-refractivity contribution is 0.263. The molecule has 0 amide bonds. The summed E-state index contributed by atoms with van der Waals surface area (Å²) in [6.07, 6.45) is 0. The van der Waals surface area contributed by atoms with Crippen LogP contribution in [0.2, 0.25) is 0 Å². The molecule has 4 N–H and O–H groups in total. The van der Waals surface area contributed by atoms with Crippen molar-refractivity contribution in [3.05, 3.63) is 28.8 Å². The molecule has 3 heteroatoms. The van der Waals surface area contributed by atoms with E-state index in [1.807, 2.05) is 0 Å². The van der Waals surface area contributed by atoms with E-state index in [0.717, 1.165) is 12.4 Å². The SMILES string of the molecule is Cc1cc(C)c(OCC(C)C)c(C(C)C(CN)CN)c1. The van der Waals surface area contributed by atoms with Crippen molar-refractivity contribution in [1.29, 1.82) is 0 Å². The molecule has 0 aromatic heterocycles. The number of hydrogen-bond donors (Lipinski definition) is 2. The van der Waals surface area contributed by atoms with Gasteiger partial charge in [-0.05, 0) is 55.8 Å². The Morgan fingerprint density at radius 2 is 1.65 bits per heavy atom. The Morgan fingerprint density at radius 3 is 2.15 bits per heavy atom. The van der Waals surface area contributed by atoms with E-state index in [0.29, 0.717) is 24.9 Å². The topological polar surface area (TPSA) is 61.3 Å². The first-order valence-corrected chi connectivity index (χ1v) is 7.54. The summed E-state index contributed by atoms with van der Waals surface area (Å²) in [6.45, 7) is 12.7. The van der Waals surface area contributed by atoms with Crippen LogP contribution in [0.25, 0.3) is 0 Å². The second kappa shape index (κ2) is 7.65. The molecule has 1 unspecified atom stereocenters. The minimum atomic E-state index is 0.289. The van der Waals surface area contributed by atoms with Gasteiger partial charge in [-0.15, -0.1) is 0 Å². The normalized spacial score (nSPS) is 13.1. The van der Waals surface area contributed by atoms with Crippen LogP contribution in [0.4, 0.5) is 0 Å². The highest BCUT2D eigenvalue weighted by Gasteiger charge is 2.21. The van der Waals surface area contributed by atoms with Crippen LogP contribution < -0.4 is 16.2 Å². The molecule has 0 saturated carbocycles. The molecule has 1 aromatic carbocycles. The van der Waals surface area contributed by atoms with Crippen LogP contribution in [0.3, 0.4) is 0 Å². The Balaban J connectivity index is 3.14. The molecule has 20 heavy (non-hydrogen) atoms. The molecule has 114 valence electrons. The standard InChI is InChI=1S/C17H30N2O/c1-11(2)10-20-17-13(4)6-12(3)7-16(17)14(5)15(8-18)9-19/h6-7,11,14-15H,8-10,18-19H2,1-5H3. The number of rotatable bonds is 7. The molecule has 1 aromatic rings. The molecule has 1 rings (SSSR count). The van der Waals surface area contributed by atoms with Crippen LogP contribution in [-0.2, 0) is 0 Å². The predicted octanol–water partition coefficient (Wildman–Crippen LogP) is 2.98. The zero-order chi connectivity index (χ0) is 15.3. The minimum absolute atomic E-state index is 0.289. The van der Waals surface area contributed by atoms with Crippen LogP contribution in [-0.4, -0.2) is 19.7 Å². The molecule has 0 bridgehead atoms. The zero-order valence-corrected chi connectivity index (χ0v) is 13.6. The predicted molar refractivity (Wildman–Crippen MR) is 86.3 cm³/mol. The summed E-state index contributed by atoms with van der Waals surface area (Å²) in [5, 5.41) is 0. The lowest BCUT2D eigenvalue weighted by Gasteiger charge is -2.25. The number of benzene rings is 1. The summed E-state index contributed by atoms with van der Waals surface area (Å²) >= 11 is 0. The van der Waals surface area contributed by atoms with Crippen molar-refractivity contribution in [2.24, 2.45) is 23.3 Å². The summed E-state index contributed by atoms with van der Waals surface area (Å²) in [5.74, 6) is 2.13. The summed E-state index contributed by atoms with van der Waals surface area (Å²) in [6, 6.07) is 4.39. The first kappa shape index (κ1) is 17.0. The molecular formula is C17H30N2O. The maximum Gasteiger partial charge on any atom is 0.125 e. The molecule has 0 aliphatic rings. The molecule has 0 saturated heterocycles. The lowest BCUT2D eigenvalue weighted by Crippen LogP contribution is -2.28. The Hall–Kier alpha value is -1.06. The molecule has 1 atom stereocenters. The van der Waals surface area contributed by atoms with Gasteiger partial charge >= 0.3 is 0 Å². The van der Waals surface area contributed by atoms with Gasteiger partial charge in [0.05, 0.1) is 6.61 Å². The fraction of sp³-hybridized carbons (Fsp3) is 0.647. The molecular weight excluding hydrogens is 248 g/mol.